The number of aromatic nitrogens is 5. The average molecular weight is 306 g/mol. The molecule has 0 saturated heterocycles. The molecule has 1 atom stereocenters. The normalized spacial score (nSPS) is 16.8. The van der Waals surface area contributed by atoms with Crippen LogP contribution in [0.25, 0.3) is 11.4 Å². The van der Waals surface area contributed by atoms with Gasteiger partial charge in [-0.15, -0.1) is 0 Å². The molecule has 0 saturated carbocycles. The molecule has 0 bridgehead atoms. The average Bonchev–Trinajstić information content (AvgIpc) is 2.95. The molecular weight excluding hydrogens is 288 g/mol. The summed E-state index contributed by atoms with van der Waals surface area (Å²) >= 11 is 0. The van der Waals surface area contributed by atoms with Gasteiger partial charge in [0.2, 0.25) is 0 Å². The Kier molecular flexibility index (Phi) is 3.49. The fraction of sp³-hybridized carbons (Fsp3) is 0.294. The molecule has 23 heavy (non-hydrogen) atoms. The van der Waals surface area contributed by atoms with Gasteiger partial charge in [-0.3, -0.25) is 0 Å². The van der Waals surface area contributed by atoms with Gasteiger partial charge in [0.1, 0.15) is 17.5 Å². The van der Waals surface area contributed by atoms with Gasteiger partial charge in [-0.1, -0.05) is 30.3 Å². The van der Waals surface area contributed by atoms with E-state index in [0.717, 1.165) is 48.2 Å². The third-order valence-electron chi connectivity index (χ3n) is 4.00. The van der Waals surface area contributed by atoms with Gasteiger partial charge < -0.3 is 5.32 Å². The molecular formula is C17H18N6. The van der Waals surface area contributed by atoms with Gasteiger partial charge in [-0.25, -0.2) is 19.6 Å². The molecule has 2 aromatic heterocycles. The predicted octanol–water partition coefficient (Wildman–Crippen LogP) is 2.47. The third-order valence-corrected chi connectivity index (χ3v) is 4.00. The van der Waals surface area contributed by atoms with Crippen molar-refractivity contribution in [2.45, 2.75) is 32.4 Å². The van der Waals surface area contributed by atoms with Crippen molar-refractivity contribution in [2.75, 3.05) is 5.32 Å². The van der Waals surface area contributed by atoms with Crippen molar-refractivity contribution in [3.05, 3.63) is 54.2 Å². The maximum Gasteiger partial charge on any atom is 0.161 e. The zero-order valence-corrected chi connectivity index (χ0v) is 13.0. The van der Waals surface area contributed by atoms with E-state index in [1.54, 1.807) is 6.20 Å². The van der Waals surface area contributed by atoms with Crippen molar-refractivity contribution >= 4 is 5.82 Å². The van der Waals surface area contributed by atoms with Crippen LogP contribution >= 0.6 is 0 Å². The van der Waals surface area contributed by atoms with Crippen LogP contribution in [-0.2, 0) is 13.0 Å². The van der Waals surface area contributed by atoms with Crippen molar-refractivity contribution in [1.29, 1.82) is 0 Å². The van der Waals surface area contributed by atoms with E-state index in [-0.39, 0.29) is 0 Å². The number of benzene rings is 1. The maximum atomic E-state index is 4.63. The van der Waals surface area contributed by atoms with Crippen molar-refractivity contribution < 1.29 is 0 Å². The summed E-state index contributed by atoms with van der Waals surface area (Å²) in [5, 5.41) is 7.94. The van der Waals surface area contributed by atoms with E-state index in [0.29, 0.717) is 6.04 Å². The molecule has 3 heterocycles. The first kappa shape index (κ1) is 13.9. The van der Waals surface area contributed by atoms with Crippen LogP contribution < -0.4 is 5.32 Å². The topological polar surface area (TPSA) is 68.5 Å². The van der Waals surface area contributed by atoms with E-state index in [2.05, 4.69) is 25.4 Å². The second-order valence-electron chi connectivity index (χ2n) is 5.77. The second-order valence-corrected chi connectivity index (χ2v) is 5.77. The fourth-order valence-electron chi connectivity index (χ4n) is 2.93. The Balaban J connectivity index is 1.52. The van der Waals surface area contributed by atoms with Gasteiger partial charge >= 0.3 is 0 Å². The SMILES string of the molecule is Cc1nc2n(n1)C[C@@H](Nc1ccnc(-c3ccccc3)n1)CC2. The zero-order chi connectivity index (χ0) is 15.6. The Morgan fingerprint density at radius 2 is 2.00 bits per heavy atom. The van der Waals surface area contributed by atoms with Gasteiger partial charge in [-0.2, -0.15) is 5.10 Å². The first-order valence-electron chi connectivity index (χ1n) is 7.83. The van der Waals surface area contributed by atoms with E-state index in [1.165, 1.54) is 0 Å². The Labute approximate surface area is 134 Å². The number of rotatable bonds is 3. The molecule has 1 N–H and O–H groups in total. The standard InChI is InChI=1S/C17H18N6/c1-12-19-16-8-7-14(11-23(16)22-12)20-15-9-10-18-17(21-15)13-5-3-2-4-6-13/h2-6,9-10,14H,7-8,11H2,1H3,(H,18,20,21)/t14-/m0/s1. The highest BCUT2D eigenvalue weighted by atomic mass is 15.4. The molecule has 1 aliphatic heterocycles. The Morgan fingerprint density at radius 1 is 1.13 bits per heavy atom. The summed E-state index contributed by atoms with van der Waals surface area (Å²) in [5.74, 6) is 3.51. The van der Waals surface area contributed by atoms with Crippen molar-refractivity contribution in [2.24, 2.45) is 0 Å². The monoisotopic (exact) mass is 306 g/mol. The van der Waals surface area contributed by atoms with Crippen LogP contribution in [0.2, 0.25) is 0 Å². The smallest absolute Gasteiger partial charge is 0.161 e. The number of nitrogens with zero attached hydrogens (tertiary/aromatic N) is 5. The molecule has 0 unspecified atom stereocenters. The highest BCUT2D eigenvalue weighted by molar-refractivity contribution is 5.56. The van der Waals surface area contributed by atoms with E-state index < -0.39 is 0 Å². The van der Waals surface area contributed by atoms with Crippen LogP contribution in [0.3, 0.4) is 0 Å². The first-order valence-corrected chi connectivity index (χ1v) is 7.83. The number of aryl methyl sites for hydroxylation is 2. The molecule has 0 radical (unpaired) electrons. The van der Waals surface area contributed by atoms with E-state index >= 15 is 0 Å². The summed E-state index contributed by atoms with van der Waals surface area (Å²) in [6, 6.07) is 12.2. The minimum absolute atomic E-state index is 0.308. The van der Waals surface area contributed by atoms with Gasteiger partial charge in [0.15, 0.2) is 5.82 Å². The lowest BCUT2D eigenvalue weighted by molar-refractivity contribution is 0.440. The lowest BCUT2D eigenvalue weighted by Gasteiger charge is -2.24. The third kappa shape index (κ3) is 2.92. The van der Waals surface area contributed by atoms with E-state index in [1.807, 2.05) is 48.0 Å². The quantitative estimate of drug-likeness (QED) is 0.805. The molecule has 0 spiro atoms. The summed E-state index contributed by atoms with van der Waals surface area (Å²) in [4.78, 5) is 13.4. The first-order chi connectivity index (χ1) is 11.3. The van der Waals surface area contributed by atoms with Gasteiger partial charge in [0, 0.05) is 24.2 Å². The summed E-state index contributed by atoms with van der Waals surface area (Å²) in [6.07, 6.45) is 3.77. The molecule has 6 nitrogen and oxygen atoms in total. The number of hydrogen-bond donors (Lipinski definition) is 1. The molecule has 0 aliphatic carbocycles. The summed E-state index contributed by atoms with van der Waals surface area (Å²) in [7, 11) is 0. The molecule has 4 rings (SSSR count). The Morgan fingerprint density at radius 3 is 2.87 bits per heavy atom. The predicted molar refractivity (Wildman–Crippen MR) is 88.0 cm³/mol. The maximum absolute atomic E-state index is 4.63. The molecule has 0 amide bonds. The van der Waals surface area contributed by atoms with E-state index in [4.69, 9.17) is 0 Å². The fourth-order valence-corrected chi connectivity index (χ4v) is 2.93. The van der Waals surface area contributed by atoms with Crippen LogP contribution in [0.5, 0.6) is 0 Å². The zero-order valence-electron chi connectivity index (χ0n) is 13.0. The number of nitrogens with one attached hydrogen (secondary N) is 1. The van der Waals surface area contributed by atoms with E-state index in [9.17, 15) is 0 Å². The highest BCUT2D eigenvalue weighted by Crippen LogP contribution is 2.19. The summed E-state index contributed by atoms with van der Waals surface area (Å²) in [6.45, 7) is 2.76. The molecule has 116 valence electrons. The lowest BCUT2D eigenvalue weighted by Crippen LogP contribution is -2.32. The number of hydrogen-bond acceptors (Lipinski definition) is 5. The molecule has 1 aliphatic rings. The second kappa shape index (κ2) is 5.79. The minimum Gasteiger partial charge on any atom is -0.365 e. The number of anilines is 1. The Bertz CT molecular complexity index is 811. The molecule has 6 heteroatoms. The van der Waals surface area contributed by atoms with Crippen LogP contribution in [-0.4, -0.2) is 30.8 Å². The van der Waals surface area contributed by atoms with Crippen molar-refractivity contribution in [3.63, 3.8) is 0 Å². The Hall–Kier alpha value is -2.76. The van der Waals surface area contributed by atoms with Crippen molar-refractivity contribution in [3.8, 4) is 11.4 Å². The minimum atomic E-state index is 0.308. The summed E-state index contributed by atoms with van der Waals surface area (Å²) in [5.41, 5.74) is 1.02. The van der Waals surface area contributed by atoms with Crippen LogP contribution in [0.1, 0.15) is 18.1 Å². The van der Waals surface area contributed by atoms with Crippen LogP contribution in [0, 0.1) is 6.92 Å². The summed E-state index contributed by atoms with van der Waals surface area (Å²) < 4.78 is 2.00. The van der Waals surface area contributed by atoms with Gasteiger partial charge in [0.05, 0.1) is 6.54 Å². The lowest BCUT2D eigenvalue weighted by atomic mass is 10.1. The highest BCUT2D eigenvalue weighted by Gasteiger charge is 2.21. The van der Waals surface area contributed by atoms with Gasteiger partial charge in [0.25, 0.3) is 0 Å². The van der Waals surface area contributed by atoms with Crippen LogP contribution in [0.4, 0.5) is 5.82 Å². The number of fused-ring (bicyclic) bond motifs is 1. The van der Waals surface area contributed by atoms with Crippen molar-refractivity contribution in [1.82, 2.24) is 24.7 Å². The van der Waals surface area contributed by atoms with Gasteiger partial charge in [-0.05, 0) is 19.4 Å². The molecule has 3 aromatic rings. The molecule has 0 fully saturated rings. The molecule has 1 aromatic carbocycles. The largest absolute Gasteiger partial charge is 0.365 e. The van der Waals surface area contributed by atoms with Crippen LogP contribution in [0.15, 0.2) is 42.6 Å².